The predicted octanol–water partition coefficient (Wildman–Crippen LogP) is 2.31. The number of methoxy groups -OCH3 is 1. The zero-order valence-electron chi connectivity index (χ0n) is 13.2. The van der Waals surface area contributed by atoms with Gasteiger partial charge in [-0.3, -0.25) is 4.79 Å². The normalized spacial score (nSPS) is 23.0. The summed E-state index contributed by atoms with van der Waals surface area (Å²) in [5, 5.41) is 3.43. The summed E-state index contributed by atoms with van der Waals surface area (Å²) >= 11 is 0. The number of rotatable bonds is 3. The van der Waals surface area contributed by atoms with E-state index in [9.17, 15) is 4.79 Å². The summed E-state index contributed by atoms with van der Waals surface area (Å²) in [4.78, 5) is 14.3. The Hall–Kier alpha value is -1.81. The van der Waals surface area contributed by atoms with Crippen molar-refractivity contribution < 1.29 is 9.53 Å². The molecule has 1 aromatic rings. The standard InChI is InChI=1S/C17H24N2O2/c1-12(15-5-7-16(21-4)8-6-15)9-17(20)19-10-13(2)18-14(3)11-19/h5-9,13-14,18H,10-11H2,1-4H3. The zero-order chi connectivity index (χ0) is 15.4. The van der Waals surface area contributed by atoms with E-state index in [4.69, 9.17) is 4.74 Å². The number of amides is 1. The monoisotopic (exact) mass is 288 g/mol. The molecule has 0 bridgehead atoms. The Bertz CT molecular complexity index is 512. The molecule has 1 aliphatic rings. The largest absolute Gasteiger partial charge is 0.497 e. The molecule has 1 aromatic carbocycles. The van der Waals surface area contributed by atoms with Gasteiger partial charge < -0.3 is 15.0 Å². The number of carbonyl (C=O) groups excluding carboxylic acids is 1. The average Bonchev–Trinajstić information content (AvgIpc) is 2.46. The number of piperazine rings is 1. The van der Waals surface area contributed by atoms with E-state index in [-0.39, 0.29) is 5.91 Å². The first-order valence-corrected chi connectivity index (χ1v) is 7.37. The van der Waals surface area contributed by atoms with Gasteiger partial charge in [0.2, 0.25) is 5.91 Å². The molecule has 1 heterocycles. The lowest BCUT2D eigenvalue weighted by Gasteiger charge is -2.35. The molecule has 4 heteroatoms. The number of allylic oxidation sites excluding steroid dienone is 1. The van der Waals surface area contributed by atoms with Gasteiger partial charge >= 0.3 is 0 Å². The van der Waals surface area contributed by atoms with E-state index in [0.29, 0.717) is 12.1 Å². The van der Waals surface area contributed by atoms with Crippen LogP contribution in [-0.2, 0) is 4.79 Å². The maximum atomic E-state index is 12.4. The summed E-state index contributed by atoms with van der Waals surface area (Å²) in [6.45, 7) is 7.70. The SMILES string of the molecule is COc1ccc(C(C)=CC(=O)N2CC(C)NC(C)C2)cc1. The zero-order valence-corrected chi connectivity index (χ0v) is 13.2. The van der Waals surface area contributed by atoms with E-state index in [0.717, 1.165) is 30.0 Å². The summed E-state index contributed by atoms with van der Waals surface area (Å²) in [5.74, 6) is 0.908. The van der Waals surface area contributed by atoms with Crippen LogP contribution in [0.25, 0.3) is 5.57 Å². The van der Waals surface area contributed by atoms with Crippen LogP contribution < -0.4 is 10.1 Å². The summed E-state index contributed by atoms with van der Waals surface area (Å²) in [6, 6.07) is 8.44. The fourth-order valence-electron chi connectivity index (χ4n) is 2.72. The molecule has 0 spiro atoms. The maximum Gasteiger partial charge on any atom is 0.246 e. The van der Waals surface area contributed by atoms with Gasteiger partial charge in [-0.25, -0.2) is 0 Å². The van der Waals surface area contributed by atoms with Crippen LogP contribution in [0.15, 0.2) is 30.3 Å². The number of hydrogen-bond acceptors (Lipinski definition) is 3. The summed E-state index contributed by atoms with van der Waals surface area (Å²) < 4.78 is 5.15. The lowest BCUT2D eigenvalue weighted by molar-refractivity contribution is -0.127. The Morgan fingerprint density at radius 1 is 1.24 bits per heavy atom. The molecule has 0 aliphatic carbocycles. The van der Waals surface area contributed by atoms with Crippen molar-refractivity contribution >= 4 is 11.5 Å². The fraction of sp³-hybridized carbons (Fsp3) is 0.471. The van der Waals surface area contributed by atoms with Crippen molar-refractivity contribution in [2.24, 2.45) is 0 Å². The summed E-state index contributed by atoms with van der Waals surface area (Å²) in [5.41, 5.74) is 2.02. The van der Waals surface area contributed by atoms with Crippen LogP contribution in [0.4, 0.5) is 0 Å². The first kappa shape index (κ1) is 15.6. The number of benzene rings is 1. The van der Waals surface area contributed by atoms with E-state index in [2.05, 4.69) is 19.2 Å². The molecule has 2 unspecified atom stereocenters. The van der Waals surface area contributed by atoms with Gasteiger partial charge in [0.15, 0.2) is 0 Å². The quantitative estimate of drug-likeness (QED) is 0.868. The van der Waals surface area contributed by atoms with Gasteiger partial charge in [0.25, 0.3) is 0 Å². The van der Waals surface area contributed by atoms with E-state index in [1.807, 2.05) is 36.1 Å². The molecule has 2 rings (SSSR count). The highest BCUT2D eigenvalue weighted by Crippen LogP contribution is 2.18. The molecule has 21 heavy (non-hydrogen) atoms. The predicted molar refractivity (Wildman–Crippen MR) is 85.3 cm³/mol. The molecule has 2 atom stereocenters. The van der Waals surface area contributed by atoms with Crippen molar-refractivity contribution in [3.05, 3.63) is 35.9 Å². The molecule has 0 saturated carbocycles. The Kier molecular flexibility index (Phi) is 5.02. The molecule has 0 radical (unpaired) electrons. The summed E-state index contributed by atoms with van der Waals surface area (Å²) in [7, 11) is 1.65. The molecule has 1 saturated heterocycles. The van der Waals surface area contributed by atoms with Gasteiger partial charge in [-0.15, -0.1) is 0 Å². The molecule has 4 nitrogen and oxygen atoms in total. The van der Waals surface area contributed by atoms with Gasteiger partial charge in [0, 0.05) is 31.2 Å². The lowest BCUT2D eigenvalue weighted by atomic mass is 10.1. The first-order chi connectivity index (χ1) is 9.99. The molecule has 1 aliphatic heterocycles. The van der Waals surface area contributed by atoms with Crippen molar-refractivity contribution in [2.75, 3.05) is 20.2 Å². The van der Waals surface area contributed by atoms with Crippen LogP contribution >= 0.6 is 0 Å². The van der Waals surface area contributed by atoms with Crippen LogP contribution in [0.5, 0.6) is 5.75 Å². The second-order valence-electron chi connectivity index (χ2n) is 5.77. The Morgan fingerprint density at radius 2 is 1.81 bits per heavy atom. The maximum absolute atomic E-state index is 12.4. The van der Waals surface area contributed by atoms with Gasteiger partial charge in [0.05, 0.1) is 7.11 Å². The van der Waals surface area contributed by atoms with Crippen molar-refractivity contribution in [3.63, 3.8) is 0 Å². The van der Waals surface area contributed by atoms with Gasteiger partial charge in [-0.2, -0.15) is 0 Å². The number of ether oxygens (including phenoxy) is 1. The minimum Gasteiger partial charge on any atom is -0.497 e. The number of hydrogen-bond donors (Lipinski definition) is 1. The van der Waals surface area contributed by atoms with E-state index in [1.165, 1.54) is 0 Å². The van der Waals surface area contributed by atoms with Crippen molar-refractivity contribution in [1.82, 2.24) is 10.2 Å². The molecule has 114 valence electrons. The number of carbonyl (C=O) groups is 1. The molecular weight excluding hydrogens is 264 g/mol. The van der Waals surface area contributed by atoms with Crippen molar-refractivity contribution in [1.29, 1.82) is 0 Å². The fourth-order valence-corrected chi connectivity index (χ4v) is 2.72. The lowest BCUT2D eigenvalue weighted by Crippen LogP contribution is -2.55. The van der Waals surface area contributed by atoms with Crippen molar-refractivity contribution in [3.8, 4) is 5.75 Å². The topological polar surface area (TPSA) is 41.6 Å². The van der Waals surface area contributed by atoms with Gasteiger partial charge in [-0.05, 0) is 44.0 Å². The van der Waals surface area contributed by atoms with Crippen LogP contribution in [0.2, 0.25) is 0 Å². The highest BCUT2D eigenvalue weighted by molar-refractivity contribution is 5.95. The second kappa shape index (κ2) is 6.76. The third-order valence-electron chi connectivity index (χ3n) is 3.75. The highest BCUT2D eigenvalue weighted by atomic mass is 16.5. The van der Waals surface area contributed by atoms with E-state index < -0.39 is 0 Å². The molecule has 1 amide bonds. The molecular formula is C17H24N2O2. The third-order valence-corrected chi connectivity index (χ3v) is 3.75. The average molecular weight is 288 g/mol. The Balaban J connectivity index is 2.08. The molecule has 1 N–H and O–H groups in total. The minimum atomic E-state index is 0.0866. The highest BCUT2D eigenvalue weighted by Gasteiger charge is 2.23. The van der Waals surface area contributed by atoms with E-state index in [1.54, 1.807) is 13.2 Å². The van der Waals surface area contributed by atoms with Crippen molar-refractivity contribution in [2.45, 2.75) is 32.9 Å². The van der Waals surface area contributed by atoms with Crippen LogP contribution in [-0.4, -0.2) is 43.1 Å². The number of nitrogens with zero attached hydrogens (tertiary/aromatic N) is 1. The van der Waals surface area contributed by atoms with Crippen LogP contribution in [0.1, 0.15) is 26.3 Å². The van der Waals surface area contributed by atoms with Crippen LogP contribution in [0, 0.1) is 0 Å². The minimum absolute atomic E-state index is 0.0866. The Labute approximate surface area is 126 Å². The van der Waals surface area contributed by atoms with Gasteiger partial charge in [0.1, 0.15) is 5.75 Å². The van der Waals surface area contributed by atoms with Gasteiger partial charge in [-0.1, -0.05) is 12.1 Å². The molecule has 1 fully saturated rings. The second-order valence-corrected chi connectivity index (χ2v) is 5.77. The number of nitrogens with one attached hydrogen (secondary N) is 1. The molecule has 0 aromatic heterocycles. The van der Waals surface area contributed by atoms with Crippen LogP contribution in [0.3, 0.4) is 0 Å². The Morgan fingerprint density at radius 3 is 2.33 bits per heavy atom. The third kappa shape index (κ3) is 4.08. The summed E-state index contributed by atoms with van der Waals surface area (Å²) in [6.07, 6.45) is 1.73. The smallest absolute Gasteiger partial charge is 0.246 e. The first-order valence-electron chi connectivity index (χ1n) is 7.37. The van der Waals surface area contributed by atoms with E-state index >= 15 is 0 Å².